The lowest BCUT2D eigenvalue weighted by Crippen LogP contribution is -2.45. The second-order valence-electron chi connectivity index (χ2n) is 39.2. The van der Waals surface area contributed by atoms with Crippen LogP contribution in [0.1, 0.15) is 229 Å². The number of aliphatic carboxylic acids is 1. The Kier molecular flexibility index (Phi) is 38.4. The largest absolute Gasteiger partial charge is 0.480 e. The topological polar surface area (TPSA) is 528 Å². The summed E-state index contributed by atoms with van der Waals surface area (Å²) in [6.07, 6.45) is 25.8. The Morgan fingerprint density at radius 1 is 0.408 bits per heavy atom. The van der Waals surface area contributed by atoms with Crippen molar-refractivity contribution in [1.29, 1.82) is 15.8 Å². The van der Waals surface area contributed by atoms with Crippen molar-refractivity contribution in [3.05, 3.63) is 197 Å². The Bertz CT molecular complexity index is 6420. The van der Waals surface area contributed by atoms with Crippen molar-refractivity contribution < 1.29 is 67.5 Å². The number of hydrogen-bond acceptors (Lipinski definition) is 28. The van der Waals surface area contributed by atoms with Gasteiger partial charge < -0.3 is 96.2 Å². The second kappa shape index (κ2) is 50.5. The number of amides is 2. The summed E-state index contributed by atoms with van der Waals surface area (Å²) in [5.41, 5.74) is 14.3. The van der Waals surface area contributed by atoms with Crippen LogP contribution in [-0.4, -0.2) is 245 Å². The number of carboxylic acids is 2. The number of nitrogens with two attached hydrogens (primary N) is 1. The molecule has 37 nitrogen and oxygen atoms in total. The zero-order valence-electron chi connectivity index (χ0n) is 82.6. The molecule has 2 aromatic carbocycles. The molecule has 142 heavy (non-hydrogen) atoms. The number of nitrogens with zero attached hydrogens (tertiary/aromatic N) is 12. The number of nitriles is 3. The van der Waals surface area contributed by atoms with Crippen molar-refractivity contribution >= 4 is 137 Å². The number of likely N-dealkylation sites (tertiary alicyclic amines) is 4. The summed E-state index contributed by atoms with van der Waals surface area (Å²) in [5.74, 6) is -4.08. The SMILES string of the molecule is CC(C)(C)OC(=O)c1cnc2[nH]ccc2c1Cl.CC(C)(C)OC(=O)c1cnc2[nH]ccc2c1N[C@@H]1CCCN(C(=O)CC#N)C1.CC(C)(C)OC(=O)c1cnc2[nH]ccc2c1N[C@@H]1CCCN(Cc2ccccc2)C1.CC(C)(C)OC(=O)c1cnc2[nH]ccc2c1N[C@@H]1CCCNC1.N#CCC(=O)N1CCC[C@@H](Nc2c(C(=O)O)cnc3[nH]ccc23)C1.N#CCC(=O)O.N[C@@H]1CCCN(Cc2ccccc2)C1. The molecular weight excluding hydrogens is 1830 g/mol. The van der Waals surface area contributed by atoms with Crippen LogP contribution in [0.5, 0.6) is 0 Å². The molecule has 5 fully saturated rings. The quantitative estimate of drug-likeness (QED) is 0.0249. The fourth-order valence-corrected chi connectivity index (χ4v) is 17.1. The summed E-state index contributed by atoms with van der Waals surface area (Å²) in [4.78, 5) is 140. The van der Waals surface area contributed by atoms with E-state index in [1.54, 1.807) is 73.7 Å². The van der Waals surface area contributed by atoms with E-state index in [1.165, 1.54) is 55.2 Å². The maximum Gasteiger partial charge on any atom is 0.342 e. The molecule has 0 radical (unpaired) electrons. The highest BCUT2D eigenvalue weighted by Gasteiger charge is 2.34. The standard InChI is InChI=1S/C24H30N4O2.C20H25N5O3.C17H24N4O2.C16H17N5O3.C12H13ClN2O2.C12H18N2.C3H3NO2/c1-24(2,3)30-23(29)20-14-26-22-19(11-12-25-22)21(20)27-18-10-7-13-28(16-18)15-17-8-5-4-6-9-17;1-20(2,3)28-19(27)15-11-23-18-14(7-9-22-18)17(15)24-13-5-4-10-25(12-13)16(26)6-8-21;1-17(2,3)23-16(22)13-10-20-15-12(6-8-19-15)14(13)21-11-5-4-7-18-9-11;17-5-3-13(22)21-7-1-2-10(9-21)20-14-11-4-6-18-15(11)19-8-12(14)16(23)24;1-12(2,3)17-11(16)8-6-15-10-7(9(8)13)4-5-14-10;13-12-7-4-8-14(10-12)9-11-5-2-1-3-6-11;4-2-1-3(5)6/h4-6,8-9,11-12,14,18H,7,10,13,15-16H2,1-3H3,(H2,25,26,27);7,9,11,13H,4-6,10,12H2,1-3H3,(H2,22,23,24);6,8,10-11,18H,4-5,7,9H2,1-3H3,(H2,19,20,21);4,6,8,10H,1-3,7,9H2,(H,23,24)(H2,18,19,20);4-6H,1-3H3,(H,14,15);1-3,5-6,12H,4,7-10,13H2;1H2,(H,5,6)/t18-;13-;11-;10-;;12-;/m1111.1./s1. The minimum Gasteiger partial charge on any atom is -0.480 e. The average molecular weight is 1960 g/mol. The van der Waals surface area contributed by atoms with E-state index in [0.717, 1.165) is 141 Å². The van der Waals surface area contributed by atoms with Gasteiger partial charge in [-0.15, -0.1) is 0 Å². The molecule has 0 spiro atoms. The Hall–Kier alpha value is -14.6. The average Bonchev–Trinajstić information content (AvgIpc) is 1.54. The van der Waals surface area contributed by atoms with Crippen LogP contribution in [0, 0.1) is 34.0 Å². The first-order valence-corrected chi connectivity index (χ1v) is 48.1. The molecule has 0 bridgehead atoms. The number of benzene rings is 2. The molecule has 15 heterocycles. The van der Waals surface area contributed by atoms with Crippen LogP contribution in [0.15, 0.2) is 153 Å². The number of carbonyl (C=O) groups excluding carboxylic acids is 6. The van der Waals surface area contributed by atoms with Gasteiger partial charge in [-0.1, -0.05) is 72.3 Å². The van der Waals surface area contributed by atoms with Gasteiger partial charge in [0.15, 0.2) is 0 Å². The maximum atomic E-state index is 12.9. The number of rotatable bonds is 20. The van der Waals surface area contributed by atoms with Gasteiger partial charge in [0.25, 0.3) is 0 Å². The maximum absolute atomic E-state index is 12.9. The normalized spacial score (nSPS) is 17.2. The molecule has 752 valence electrons. The Labute approximate surface area is 830 Å². The molecule has 0 saturated carbocycles. The van der Waals surface area contributed by atoms with Gasteiger partial charge in [-0.05, 0) is 208 Å². The summed E-state index contributed by atoms with van der Waals surface area (Å²) in [6.45, 7) is 32.5. The van der Waals surface area contributed by atoms with E-state index >= 15 is 0 Å². The molecule has 38 heteroatoms. The smallest absolute Gasteiger partial charge is 0.342 e. The number of carbonyl (C=O) groups is 8. The van der Waals surface area contributed by atoms with Crippen molar-refractivity contribution in [3.63, 3.8) is 0 Å². The van der Waals surface area contributed by atoms with E-state index in [0.29, 0.717) is 93.7 Å². The lowest BCUT2D eigenvalue weighted by molar-refractivity contribution is -0.136. The van der Waals surface area contributed by atoms with Crippen molar-refractivity contribution in [2.75, 3.05) is 86.7 Å². The van der Waals surface area contributed by atoms with Crippen molar-refractivity contribution in [3.8, 4) is 18.2 Å². The number of aromatic amines is 5. The number of pyridine rings is 5. The fourth-order valence-electron chi connectivity index (χ4n) is 16.8. The number of hydrogen-bond donors (Lipinski definition) is 13. The summed E-state index contributed by atoms with van der Waals surface area (Å²) in [7, 11) is 0. The Morgan fingerprint density at radius 3 is 1.07 bits per heavy atom. The van der Waals surface area contributed by atoms with E-state index in [1.807, 2.05) is 111 Å². The third-order valence-corrected chi connectivity index (χ3v) is 23.5. The number of anilines is 4. The van der Waals surface area contributed by atoms with Gasteiger partial charge >= 0.3 is 35.8 Å². The summed E-state index contributed by atoms with van der Waals surface area (Å²) in [5, 5.41) is 63.8. The minimum atomic E-state index is -1.07. The first kappa shape index (κ1) is 108. The highest BCUT2D eigenvalue weighted by Crippen LogP contribution is 2.36. The number of carboxylic acid groups (broad SMARTS) is 2. The van der Waals surface area contributed by atoms with E-state index in [-0.39, 0.29) is 65.8 Å². The van der Waals surface area contributed by atoms with Crippen LogP contribution in [0.3, 0.4) is 0 Å². The number of halogens is 1. The highest BCUT2D eigenvalue weighted by molar-refractivity contribution is 6.38. The molecule has 2 amide bonds. The number of nitrogens with one attached hydrogen (secondary N) is 10. The monoisotopic (exact) mass is 1960 g/mol. The molecule has 5 saturated heterocycles. The number of H-pyrrole nitrogens is 5. The molecular formula is C104H130ClN23O14. The first-order chi connectivity index (χ1) is 67.7. The zero-order chi connectivity index (χ0) is 102. The minimum absolute atomic E-state index is 0.0296. The van der Waals surface area contributed by atoms with Crippen molar-refractivity contribution in [2.45, 2.75) is 232 Å². The van der Waals surface area contributed by atoms with Crippen LogP contribution in [-0.2, 0) is 46.4 Å². The molecule has 0 aliphatic carbocycles. The molecule has 12 aromatic rings. The van der Waals surface area contributed by atoms with Gasteiger partial charge in [-0.3, -0.25) is 24.2 Å². The van der Waals surface area contributed by atoms with Gasteiger partial charge in [0, 0.05) is 178 Å². The number of piperidine rings is 5. The Balaban J connectivity index is 0.000000163. The van der Waals surface area contributed by atoms with Gasteiger partial charge in [-0.25, -0.2) is 48.9 Å². The molecule has 17 rings (SSSR count). The predicted octanol–water partition coefficient (Wildman–Crippen LogP) is 16.5. The highest BCUT2D eigenvalue weighted by atomic mass is 35.5. The first-order valence-electron chi connectivity index (χ1n) is 47.8. The summed E-state index contributed by atoms with van der Waals surface area (Å²) < 4.78 is 22.0. The predicted molar refractivity (Wildman–Crippen MR) is 545 cm³/mol. The second-order valence-corrected chi connectivity index (χ2v) is 39.6. The van der Waals surface area contributed by atoms with Gasteiger partial charge in [0.1, 0.15) is 92.2 Å². The molecule has 14 N–H and O–H groups in total. The van der Waals surface area contributed by atoms with Crippen LogP contribution in [0.2, 0.25) is 5.02 Å². The molecule has 0 unspecified atom stereocenters. The van der Waals surface area contributed by atoms with E-state index in [9.17, 15) is 43.5 Å². The fraction of sp³-hybridized carbons (Fsp3) is 0.442. The van der Waals surface area contributed by atoms with Crippen LogP contribution >= 0.6 is 11.6 Å². The van der Waals surface area contributed by atoms with Gasteiger partial charge in [0.2, 0.25) is 11.8 Å². The number of esters is 4. The van der Waals surface area contributed by atoms with Crippen LogP contribution in [0.4, 0.5) is 22.7 Å². The third kappa shape index (κ3) is 32.3. The molecule has 5 aliphatic heterocycles. The molecule has 5 atom stereocenters. The lowest BCUT2D eigenvalue weighted by Gasteiger charge is -2.34. The number of fused-ring (bicyclic) bond motifs is 5. The lowest BCUT2D eigenvalue weighted by atomic mass is 10.0. The van der Waals surface area contributed by atoms with Gasteiger partial charge in [0.05, 0.1) is 51.5 Å². The van der Waals surface area contributed by atoms with Gasteiger partial charge in [-0.2, -0.15) is 15.8 Å². The van der Waals surface area contributed by atoms with Crippen molar-refractivity contribution in [1.82, 2.24) is 74.8 Å². The molecule has 5 aliphatic rings. The van der Waals surface area contributed by atoms with E-state index in [2.05, 4.69) is 141 Å². The van der Waals surface area contributed by atoms with E-state index < -0.39 is 52.7 Å². The summed E-state index contributed by atoms with van der Waals surface area (Å²) >= 11 is 6.15. The zero-order valence-corrected chi connectivity index (χ0v) is 83.4. The molecule has 10 aromatic heterocycles. The van der Waals surface area contributed by atoms with Crippen molar-refractivity contribution in [2.24, 2.45) is 5.73 Å². The number of aromatic nitrogens is 10. The Morgan fingerprint density at radius 2 is 0.725 bits per heavy atom. The summed E-state index contributed by atoms with van der Waals surface area (Å²) in [6, 6.07) is 36.6. The van der Waals surface area contributed by atoms with E-state index in [4.69, 9.17) is 57.2 Å². The third-order valence-electron chi connectivity index (χ3n) is 23.0. The van der Waals surface area contributed by atoms with Crippen LogP contribution < -0.4 is 32.3 Å². The van der Waals surface area contributed by atoms with Crippen LogP contribution in [0.25, 0.3) is 55.2 Å². The number of aromatic carboxylic acids is 1. The number of ether oxygens (including phenoxy) is 4.